The second-order valence-electron chi connectivity index (χ2n) is 6.51. The van der Waals surface area contributed by atoms with Gasteiger partial charge in [-0.25, -0.2) is 4.98 Å². The molecule has 2 aromatic carbocycles. The number of carbonyl (C=O) groups is 1. The lowest BCUT2D eigenvalue weighted by molar-refractivity contribution is 0.102. The van der Waals surface area contributed by atoms with E-state index in [-0.39, 0.29) is 5.91 Å². The van der Waals surface area contributed by atoms with Crippen molar-refractivity contribution in [1.29, 1.82) is 0 Å². The van der Waals surface area contributed by atoms with Crippen LogP contribution in [0.15, 0.2) is 66.9 Å². The summed E-state index contributed by atoms with van der Waals surface area (Å²) in [7, 11) is 3.99. The van der Waals surface area contributed by atoms with Gasteiger partial charge in [-0.1, -0.05) is 30.3 Å². The van der Waals surface area contributed by atoms with Crippen molar-refractivity contribution in [2.75, 3.05) is 24.3 Å². The number of amides is 1. The van der Waals surface area contributed by atoms with Crippen molar-refractivity contribution in [3.63, 3.8) is 0 Å². The van der Waals surface area contributed by atoms with Crippen molar-refractivity contribution in [3.05, 3.63) is 83.6 Å². The number of hydrogen-bond donors (Lipinski definition) is 1. The van der Waals surface area contributed by atoms with Gasteiger partial charge in [0, 0.05) is 43.3 Å². The smallest absolute Gasteiger partial charge is 0.255 e. The average Bonchev–Trinajstić information content (AvgIpc) is 2.67. The lowest BCUT2D eigenvalue weighted by Crippen LogP contribution is -2.14. The Morgan fingerprint density at radius 2 is 1.85 bits per heavy atom. The van der Waals surface area contributed by atoms with Crippen molar-refractivity contribution in [2.45, 2.75) is 13.5 Å². The van der Waals surface area contributed by atoms with Crippen molar-refractivity contribution in [1.82, 2.24) is 4.98 Å². The summed E-state index contributed by atoms with van der Waals surface area (Å²) in [4.78, 5) is 18.8. The maximum Gasteiger partial charge on any atom is 0.255 e. The molecule has 0 atom stereocenters. The Morgan fingerprint density at radius 3 is 2.56 bits per heavy atom. The van der Waals surface area contributed by atoms with Gasteiger partial charge in [0.2, 0.25) is 5.88 Å². The zero-order valence-electron chi connectivity index (χ0n) is 15.8. The number of benzene rings is 2. The molecule has 5 nitrogen and oxygen atoms in total. The first-order valence-electron chi connectivity index (χ1n) is 8.75. The highest BCUT2D eigenvalue weighted by atomic mass is 16.5. The molecule has 3 rings (SSSR count). The third-order valence-electron chi connectivity index (χ3n) is 4.16. The van der Waals surface area contributed by atoms with E-state index >= 15 is 0 Å². The highest BCUT2D eigenvalue weighted by molar-refractivity contribution is 6.04. The van der Waals surface area contributed by atoms with Crippen molar-refractivity contribution in [3.8, 4) is 5.88 Å². The molecule has 1 aromatic heterocycles. The van der Waals surface area contributed by atoms with E-state index in [0.717, 1.165) is 22.5 Å². The van der Waals surface area contributed by atoms with E-state index in [1.807, 2.05) is 74.4 Å². The minimum atomic E-state index is -0.195. The third-order valence-corrected chi connectivity index (χ3v) is 4.16. The molecule has 0 aliphatic carbocycles. The fourth-order valence-corrected chi connectivity index (χ4v) is 2.80. The largest absolute Gasteiger partial charge is 0.473 e. The highest BCUT2D eigenvalue weighted by Gasteiger charge is 2.10. The molecule has 0 saturated heterocycles. The first-order valence-corrected chi connectivity index (χ1v) is 8.75. The number of pyridine rings is 1. The molecule has 0 aliphatic heterocycles. The highest BCUT2D eigenvalue weighted by Crippen LogP contribution is 2.22. The number of rotatable bonds is 6. The molecule has 0 bridgehead atoms. The lowest BCUT2D eigenvalue weighted by atomic mass is 10.1. The molecule has 0 radical (unpaired) electrons. The van der Waals surface area contributed by atoms with E-state index in [2.05, 4.69) is 10.3 Å². The SMILES string of the molecule is Cc1cc(NC(=O)c2ccnc(OCc3ccccc3)c2)ccc1N(C)C. The Labute approximate surface area is 159 Å². The van der Waals surface area contributed by atoms with Crippen LogP contribution >= 0.6 is 0 Å². The van der Waals surface area contributed by atoms with Gasteiger partial charge in [0.25, 0.3) is 5.91 Å². The van der Waals surface area contributed by atoms with Crippen LogP contribution in [0.1, 0.15) is 21.5 Å². The van der Waals surface area contributed by atoms with Gasteiger partial charge in [-0.15, -0.1) is 0 Å². The Balaban J connectivity index is 1.67. The number of aromatic nitrogens is 1. The molecule has 5 heteroatoms. The summed E-state index contributed by atoms with van der Waals surface area (Å²) in [5.41, 5.74) is 4.52. The van der Waals surface area contributed by atoms with Gasteiger partial charge in [-0.05, 0) is 42.3 Å². The van der Waals surface area contributed by atoms with Crippen LogP contribution in [-0.4, -0.2) is 25.0 Å². The van der Waals surface area contributed by atoms with Crippen LogP contribution in [0, 0.1) is 6.92 Å². The van der Waals surface area contributed by atoms with Crippen LogP contribution in [0.5, 0.6) is 5.88 Å². The predicted molar refractivity (Wildman–Crippen MR) is 108 cm³/mol. The maximum atomic E-state index is 12.6. The van der Waals surface area contributed by atoms with Crippen LogP contribution in [0.3, 0.4) is 0 Å². The maximum absolute atomic E-state index is 12.6. The second kappa shape index (κ2) is 8.36. The minimum absolute atomic E-state index is 0.195. The van der Waals surface area contributed by atoms with E-state index in [9.17, 15) is 4.79 Å². The fourth-order valence-electron chi connectivity index (χ4n) is 2.80. The van der Waals surface area contributed by atoms with Crippen LogP contribution in [-0.2, 0) is 6.61 Å². The number of ether oxygens (including phenoxy) is 1. The first kappa shape index (κ1) is 18.5. The quantitative estimate of drug-likeness (QED) is 0.712. The lowest BCUT2D eigenvalue weighted by Gasteiger charge is -2.16. The van der Waals surface area contributed by atoms with Gasteiger partial charge >= 0.3 is 0 Å². The molecular weight excluding hydrogens is 338 g/mol. The van der Waals surface area contributed by atoms with Crippen LogP contribution < -0.4 is 15.0 Å². The summed E-state index contributed by atoms with van der Waals surface area (Å²) in [5.74, 6) is 0.226. The molecule has 3 aromatic rings. The van der Waals surface area contributed by atoms with Crippen molar-refractivity contribution >= 4 is 17.3 Å². The molecule has 27 heavy (non-hydrogen) atoms. The number of nitrogens with one attached hydrogen (secondary N) is 1. The molecule has 1 heterocycles. The minimum Gasteiger partial charge on any atom is -0.473 e. The van der Waals surface area contributed by atoms with Gasteiger partial charge in [0.15, 0.2) is 0 Å². The summed E-state index contributed by atoms with van der Waals surface area (Å²) in [6.07, 6.45) is 1.58. The molecule has 0 saturated carbocycles. The summed E-state index contributed by atoms with van der Waals surface area (Å²) < 4.78 is 5.70. The Bertz CT molecular complexity index is 924. The van der Waals surface area contributed by atoms with Gasteiger partial charge in [0.1, 0.15) is 6.61 Å². The molecule has 0 unspecified atom stereocenters. The van der Waals surface area contributed by atoms with Gasteiger partial charge < -0.3 is 15.0 Å². The number of hydrogen-bond acceptors (Lipinski definition) is 4. The zero-order chi connectivity index (χ0) is 19.2. The second-order valence-corrected chi connectivity index (χ2v) is 6.51. The van der Waals surface area contributed by atoms with Crippen molar-refractivity contribution < 1.29 is 9.53 Å². The van der Waals surface area contributed by atoms with E-state index in [1.54, 1.807) is 18.3 Å². The molecular formula is C22H23N3O2. The first-order chi connectivity index (χ1) is 13.0. The standard InChI is InChI=1S/C22H23N3O2/c1-16-13-19(9-10-20(16)25(2)3)24-22(26)18-11-12-23-21(14-18)27-15-17-7-5-4-6-8-17/h4-14H,15H2,1-3H3,(H,24,26). The average molecular weight is 361 g/mol. The van der Waals surface area contributed by atoms with Crippen LogP contribution in [0.2, 0.25) is 0 Å². The van der Waals surface area contributed by atoms with E-state index < -0.39 is 0 Å². The summed E-state index contributed by atoms with van der Waals surface area (Å²) >= 11 is 0. The van der Waals surface area contributed by atoms with Crippen LogP contribution in [0.4, 0.5) is 11.4 Å². The van der Waals surface area contributed by atoms with Gasteiger partial charge in [-0.3, -0.25) is 4.79 Å². The monoisotopic (exact) mass is 361 g/mol. The molecule has 1 N–H and O–H groups in total. The summed E-state index contributed by atoms with van der Waals surface area (Å²) in [6, 6.07) is 19.0. The normalized spacial score (nSPS) is 10.3. The molecule has 0 aliphatic rings. The van der Waals surface area contributed by atoms with E-state index in [4.69, 9.17) is 4.74 Å². The van der Waals surface area contributed by atoms with Gasteiger partial charge in [0.05, 0.1) is 0 Å². The Morgan fingerprint density at radius 1 is 1.07 bits per heavy atom. The Hall–Kier alpha value is -3.34. The molecule has 0 spiro atoms. The Kier molecular flexibility index (Phi) is 5.71. The molecule has 0 fully saturated rings. The predicted octanol–water partition coefficient (Wildman–Crippen LogP) is 4.29. The fraction of sp³-hybridized carbons (Fsp3) is 0.182. The number of anilines is 2. The molecule has 1 amide bonds. The zero-order valence-corrected chi connectivity index (χ0v) is 15.8. The van der Waals surface area contributed by atoms with Crippen LogP contribution in [0.25, 0.3) is 0 Å². The third kappa shape index (κ3) is 4.85. The van der Waals surface area contributed by atoms with Gasteiger partial charge in [-0.2, -0.15) is 0 Å². The topological polar surface area (TPSA) is 54.5 Å². The number of aryl methyl sites for hydroxylation is 1. The number of carbonyl (C=O) groups excluding carboxylic acids is 1. The summed E-state index contributed by atoms with van der Waals surface area (Å²) in [5, 5.41) is 2.93. The molecule has 138 valence electrons. The number of nitrogens with zero attached hydrogens (tertiary/aromatic N) is 2. The van der Waals surface area contributed by atoms with Crippen molar-refractivity contribution in [2.24, 2.45) is 0 Å². The van der Waals surface area contributed by atoms with E-state index in [0.29, 0.717) is 18.1 Å². The summed E-state index contributed by atoms with van der Waals surface area (Å²) in [6.45, 7) is 2.43. The van der Waals surface area contributed by atoms with E-state index in [1.165, 1.54) is 0 Å².